The van der Waals surface area contributed by atoms with Crippen molar-refractivity contribution >= 4 is 40.3 Å². The molecule has 1 heterocycles. The molecule has 24 heavy (non-hydrogen) atoms. The molecule has 114 valence electrons. The van der Waals surface area contributed by atoms with Crippen LogP contribution in [0.5, 0.6) is 0 Å². The lowest BCUT2D eigenvalue weighted by molar-refractivity contribution is 1.29. The number of halogens is 1. The highest BCUT2D eigenvalue weighted by Crippen LogP contribution is 2.31. The third-order valence-electron chi connectivity index (χ3n) is 4.01. The van der Waals surface area contributed by atoms with Crippen molar-refractivity contribution in [3.63, 3.8) is 0 Å². The maximum atomic E-state index is 4.90. The normalized spacial score (nSPS) is 10.9. The molecule has 4 heteroatoms. The van der Waals surface area contributed by atoms with Gasteiger partial charge in [0.2, 0.25) is 0 Å². The van der Waals surface area contributed by atoms with Gasteiger partial charge in [0.05, 0.1) is 22.4 Å². The van der Waals surface area contributed by atoms with E-state index in [4.69, 9.17) is 9.97 Å². The van der Waals surface area contributed by atoms with Gasteiger partial charge in [-0.2, -0.15) is 0 Å². The summed E-state index contributed by atoms with van der Waals surface area (Å²) in [7, 11) is 2.09. The van der Waals surface area contributed by atoms with Crippen LogP contribution < -0.4 is 5.46 Å². The Kier molecular flexibility index (Phi) is 3.91. The van der Waals surface area contributed by atoms with Crippen LogP contribution in [0.1, 0.15) is 0 Å². The first-order chi connectivity index (χ1) is 11.7. The summed E-state index contributed by atoms with van der Waals surface area (Å²) in [5.41, 5.74) is 7.02. The molecule has 0 aliphatic heterocycles. The molecule has 4 rings (SSSR count). The van der Waals surface area contributed by atoms with Crippen LogP contribution >= 0.6 is 15.9 Å². The molecule has 0 saturated carbocycles. The first-order valence-electron chi connectivity index (χ1n) is 7.80. The summed E-state index contributed by atoms with van der Waals surface area (Å²) in [5, 5.41) is 0. The molecule has 0 spiro atoms. The second-order valence-corrected chi connectivity index (χ2v) is 6.70. The molecule has 0 amide bonds. The van der Waals surface area contributed by atoms with Gasteiger partial charge in [0.15, 0.2) is 0 Å². The molecule has 0 fully saturated rings. The fraction of sp³-hybridized carbons (Fsp3) is 0. The van der Waals surface area contributed by atoms with Gasteiger partial charge in [-0.15, -0.1) is 0 Å². The molecular weight excluding hydrogens is 359 g/mol. The zero-order valence-electron chi connectivity index (χ0n) is 13.2. The summed E-state index contributed by atoms with van der Waals surface area (Å²) in [4.78, 5) is 9.80. The summed E-state index contributed by atoms with van der Waals surface area (Å²) in [6, 6.07) is 24.6. The predicted octanol–water partition coefficient (Wildman–Crippen LogP) is 3.98. The van der Waals surface area contributed by atoms with Crippen molar-refractivity contribution in [1.29, 1.82) is 0 Å². The van der Waals surface area contributed by atoms with E-state index < -0.39 is 0 Å². The number of aromatic nitrogens is 2. The van der Waals surface area contributed by atoms with E-state index in [0.717, 1.165) is 38.0 Å². The summed E-state index contributed by atoms with van der Waals surface area (Å²) < 4.78 is 1.05. The number of para-hydroxylation sites is 2. The predicted molar refractivity (Wildman–Crippen MR) is 106 cm³/mol. The van der Waals surface area contributed by atoms with Crippen LogP contribution in [0.3, 0.4) is 0 Å². The fourth-order valence-electron chi connectivity index (χ4n) is 2.72. The van der Waals surface area contributed by atoms with Gasteiger partial charge in [0.25, 0.3) is 0 Å². The van der Waals surface area contributed by atoms with Gasteiger partial charge < -0.3 is 0 Å². The van der Waals surface area contributed by atoms with E-state index in [2.05, 4.69) is 60.2 Å². The van der Waals surface area contributed by atoms with E-state index in [1.807, 2.05) is 36.4 Å². The molecule has 0 aliphatic rings. The molecular formula is C20H14BBrN2. The minimum atomic E-state index is 0.907. The van der Waals surface area contributed by atoms with Crippen LogP contribution in [-0.4, -0.2) is 17.8 Å². The smallest absolute Gasteiger partial charge is 0.139 e. The fourth-order valence-corrected chi connectivity index (χ4v) is 2.99. The molecule has 0 radical (unpaired) electrons. The maximum absolute atomic E-state index is 4.90. The Morgan fingerprint density at radius 3 is 1.58 bits per heavy atom. The number of rotatable bonds is 2. The Morgan fingerprint density at radius 2 is 1.08 bits per heavy atom. The highest BCUT2D eigenvalue weighted by Gasteiger charge is 2.13. The van der Waals surface area contributed by atoms with Crippen LogP contribution in [0.15, 0.2) is 77.3 Å². The van der Waals surface area contributed by atoms with Crippen molar-refractivity contribution in [2.75, 3.05) is 0 Å². The Hall–Kier alpha value is -2.46. The monoisotopic (exact) mass is 372 g/mol. The third-order valence-corrected chi connectivity index (χ3v) is 4.54. The molecule has 0 atom stereocenters. The first kappa shape index (κ1) is 15.1. The SMILES string of the molecule is Bc1ccc(-c2nc3ccccc3nc2-c2ccc(Br)cc2)cc1. The van der Waals surface area contributed by atoms with Crippen molar-refractivity contribution in [3.8, 4) is 22.5 Å². The largest absolute Gasteiger partial charge is 0.244 e. The van der Waals surface area contributed by atoms with Crippen LogP contribution in [-0.2, 0) is 0 Å². The Labute approximate surface area is 150 Å². The molecule has 4 aromatic rings. The topological polar surface area (TPSA) is 25.8 Å². The minimum absolute atomic E-state index is 0.907. The van der Waals surface area contributed by atoms with Crippen molar-refractivity contribution in [2.24, 2.45) is 0 Å². The molecule has 0 unspecified atom stereocenters. The second-order valence-electron chi connectivity index (χ2n) is 5.78. The van der Waals surface area contributed by atoms with Crippen LogP contribution in [0.25, 0.3) is 33.5 Å². The lowest BCUT2D eigenvalue weighted by Gasteiger charge is -2.11. The van der Waals surface area contributed by atoms with Gasteiger partial charge in [-0.05, 0) is 24.3 Å². The maximum Gasteiger partial charge on any atom is 0.139 e. The quantitative estimate of drug-likeness (QED) is 0.497. The molecule has 0 saturated heterocycles. The first-order valence-corrected chi connectivity index (χ1v) is 8.60. The average molecular weight is 373 g/mol. The van der Waals surface area contributed by atoms with E-state index in [-0.39, 0.29) is 0 Å². The number of hydrogen-bond donors (Lipinski definition) is 0. The summed E-state index contributed by atoms with van der Waals surface area (Å²) in [6.07, 6.45) is 0. The van der Waals surface area contributed by atoms with Crippen molar-refractivity contribution in [2.45, 2.75) is 0 Å². The van der Waals surface area contributed by atoms with E-state index >= 15 is 0 Å². The summed E-state index contributed by atoms with van der Waals surface area (Å²) in [5.74, 6) is 0. The average Bonchev–Trinajstić information content (AvgIpc) is 2.62. The van der Waals surface area contributed by atoms with Crippen LogP contribution in [0.4, 0.5) is 0 Å². The van der Waals surface area contributed by atoms with E-state index in [1.54, 1.807) is 0 Å². The Bertz CT molecular complexity index is 928. The van der Waals surface area contributed by atoms with Crippen molar-refractivity contribution in [1.82, 2.24) is 9.97 Å². The summed E-state index contributed by atoms with van der Waals surface area (Å²) in [6.45, 7) is 0. The second kappa shape index (κ2) is 6.21. The van der Waals surface area contributed by atoms with Crippen molar-refractivity contribution in [3.05, 3.63) is 77.3 Å². The molecule has 1 aromatic heterocycles. The van der Waals surface area contributed by atoms with Crippen LogP contribution in [0, 0.1) is 0 Å². The van der Waals surface area contributed by atoms with Gasteiger partial charge >= 0.3 is 0 Å². The number of benzene rings is 3. The van der Waals surface area contributed by atoms with Gasteiger partial charge in [-0.3, -0.25) is 0 Å². The molecule has 0 aliphatic carbocycles. The van der Waals surface area contributed by atoms with Gasteiger partial charge in [0, 0.05) is 15.6 Å². The zero-order valence-corrected chi connectivity index (χ0v) is 14.8. The molecule has 2 nitrogen and oxygen atoms in total. The number of fused-ring (bicyclic) bond motifs is 1. The van der Waals surface area contributed by atoms with E-state index in [0.29, 0.717) is 0 Å². The van der Waals surface area contributed by atoms with Gasteiger partial charge in [-0.1, -0.05) is 69.9 Å². The highest BCUT2D eigenvalue weighted by atomic mass is 79.9. The lowest BCUT2D eigenvalue weighted by Crippen LogP contribution is -2.01. The van der Waals surface area contributed by atoms with Crippen LogP contribution in [0.2, 0.25) is 0 Å². The van der Waals surface area contributed by atoms with Gasteiger partial charge in [0.1, 0.15) is 7.85 Å². The number of nitrogens with zero attached hydrogens (tertiary/aromatic N) is 2. The Balaban J connectivity index is 2.00. The third kappa shape index (κ3) is 2.85. The zero-order chi connectivity index (χ0) is 16.5. The summed E-state index contributed by atoms with van der Waals surface area (Å²) >= 11 is 3.49. The lowest BCUT2D eigenvalue weighted by atomic mass is 9.94. The molecule has 3 aromatic carbocycles. The molecule has 0 N–H and O–H groups in total. The standard InChI is InChI=1S/C20H14BBrN2/c21-15-9-5-13(6-10-15)19-20(14-7-11-16(22)12-8-14)24-18-4-2-1-3-17(18)23-19/h1-12H,21H2. The Morgan fingerprint density at radius 1 is 0.625 bits per heavy atom. The minimum Gasteiger partial charge on any atom is -0.244 e. The van der Waals surface area contributed by atoms with Crippen molar-refractivity contribution < 1.29 is 0 Å². The van der Waals surface area contributed by atoms with Gasteiger partial charge in [-0.25, -0.2) is 9.97 Å². The number of hydrogen-bond acceptors (Lipinski definition) is 2. The van der Waals surface area contributed by atoms with E-state index in [9.17, 15) is 0 Å². The highest BCUT2D eigenvalue weighted by molar-refractivity contribution is 9.10. The van der Waals surface area contributed by atoms with E-state index in [1.165, 1.54) is 5.46 Å². The molecule has 0 bridgehead atoms.